The fourth-order valence-electron chi connectivity index (χ4n) is 2.17. The Balaban J connectivity index is 2.24. The molecule has 0 radical (unpaired) electrons. The number of benzene rings is 2. The molecule has 0 fully saturated rings. The Morgan fingerprint density at radius 3 is 2.48 bits per heavy atom. The molecule has 3 N–H and O–H groups in total. The van der Waals surface area contributed by atoms with Gasteiger partial charge in [-0.05, 0) is 18.2 Å². The maximum absolute atomic E-state index is 12.1. The summed E-state index contributed by atoms with van der Waals surface area (Å²) in [5.41, 5.74) is 0.417. The standard InChI is InChI=1S/C16H14ClN3O5/c17-13-7-6-11(20(24)25)8-12(13)14(9-15(21)22)19-16(23)18-10-4-2-1-3-5-10/h1-8,14H,9H2,(H,21,22)(H2,18,19,23)/t14-/m0/s1. The molecule has 2 rings (SSSR count). The second-order valence-electron chi connectivity index (χ2n) is 5.08. The van der Waals surface area contributed by atoms with E-state index in [9.17, 15) is 19.7 Å². The highest BCUT2D eigenvalue weighted by Crippen LogP contribution is 2.29. The third kappa shape index (κ3) is 5.18. The predicted molar refractivity (Wildman–Crippen MR) is 91.7 cm³/mol. The number of carboxylic acids is 1. The van der Waals surface area contributed by atoms with Crippen LogP contribution >= 0.6 is 11.6 Å². The van der Waals surface area contributed by atoms with Gasteiger partial charge in [0.1, 0.15) is 0 Å². The summed E-state index contributed by atoms with van der Waals surface area (Å²) < 4.78 is 0. The van der Waals surface area contributed by atoms with Crippen molar-refractivity contribution < 1.29 is 19.6 Å². The molecule has 130 valence electrons. The molecule has 0 spiro atoms. The van der Waals surface area contributed by atoms with Gasteiger partial charge in [0.15, 0.2) is 0 Å². The minimum Gasteiger partial charge on any atom is -0.481 e. The number of nitrogens with one attached hydrogen (secondary N) is 2. The molecule has 0 bridgehead atoms. The number of anilines is 1. The van der Waals surface area contributed by atoms with Gasteiger partial charge in [0, 0.05) is 28.4 Å². The molecule has 0 aliphatic rings. The molecule has 1 atom stereocenters. The number of para-hydroxylation sites is 1. The summed E-state index contributed by atoms with van der Waals surface area (Å²) in [5, 5.41) is 25.1. The summed E-state index contributed by atoms with van der Waals surface area (Å²) in [6, 6.07) is 10.5. The molecule has 9 heteroatoms. The van der Waals surface area contributed by atoms with Crippen molar-refractivity contribution in [2.45, 2.75) is 12.5 Å². The van der Waals surface area contributed by atoms with E-state index in [1.165, 1.54) is 12.1 Å². The fourth-order valence-corrected chi connectivity index (χ4v) is 2.42. The molecule has 25 heavy (non-hydrogen) atoms. The van der Waals surface area contributed by atoms with Gasteiger partial charge in [-0.15, -0.1) is 0 Å². The Morgan fingerprint density at radius 1 is 1.20 bits per heavy atom. The monoisotopic (exact) mass is 363 g/mol. The number of carbonyl (C=O) groups is 2. The molecule has 2 amide bonds. The van der Waals surface area contributed by atoms with Gasteiger partial charge < -0.3 is 15.7 Å². The molecule has 0 unspecified atom stereocenters. The number of amides is 2. The number of hydrogen-bond donors (Lipinski definition) is 3. The highest BCUT2D eigenvalue weighted by Gasteiger charge is 2.23. The van der Waals surface area contributed by atoms with Gasteiger partial charge in [-0.3, -0.25) is 14.9 Å². The first-order valence-corrected chi connectivity index (χ1v) is 7.53. The summed E-state index contributed by atoms with van der Waals surface area (Å²) in [7, 11) is 0. The largest absolute Gasteiger partial charge is 0.481 e. The van der Waals surface area contributed by atoms with Gasteiger partial charge in [-0.25, -0.2) is 4.79 Å². The number of non-ortho nitro benzene ring substituents is 1. The van der Waals surface area contributed by atoms with Crippen LogP contribution in [-0.4, -0.2) is 22.0 Å². The van der Waals surface area contributed by atoms with Crippen LogP contribution in [0.15, 0.2) is 48.5 Å². The lowest BCUT2D eigenvalue weighted by Gasteiger charge is -2.19. The van der Waals surface area contributed by atoms with Crippen molar-refractivity contribution in [3.63, 3.8) is 0 Å². The predicted octanol–water partition coefficient (Wildman–Crippen LogP) is 3.59. The van der Waals surface area contributed by atoms with Crippen molar-refractivity contribution in [2.24, 2.45) is 0 Å². The first-order valence-electron chi connectivity index (χ1n) is 7.15. The van der Waals surface area contributed by atoms with Crippen LogP contribution in [0, 0.1) is 10.1 Å². The van der Waals surface area contributed by atoms with Crippen molar-refractivity contribution in [3.05, 3.63) is 69.2 Å². The van der Waals surface area contributed by atoms with Crippen LogP contribution in [-0.2, 0) is 4.79 Å². The van der Waals surface area contributed by atoms with E-state index in [1.807, 2.05) is 0 Å². The second kappa shape index (κ2) is 8.11. The van der Waals surface area contributed by atoms with E-state index in [0.717, 1.165) is 6.07 Å². The molecular formula is C16H14ClN3O5. The Bertz CT molecular complexity index is 798. The molecule has 0 saturated carbocycles. The van der Waals surface area contributed by atoms with Gasteiger partial charge in [-0.1, -0.05) is 29.8 Å². The Morgan fingerprint density at radius 2 is 1.88 bits per heavy atom. The Hall–Kier alpha value is -3.13. The molecule has 0 aromatic heterocycles. The van der Waals surface area contributed by atoms with Crippen LogP contribution < -0.4 is 10.6 Å². The average Bonchev–Trinajstić information content (AvgIpc) is 2.55. The van der Waals surface area contributed by atoms with Gasteiger partial charge in [0.25, 0.3) is 5.69 Å². The van der Waals surface area contributed by atoms with E-state index in [2.05, 4.69) is 10.6 Å². The van der Waals surface area contributed by atoms with Crippen molar-refractivity contribution in [3.8, 4) is 0 Å². The number of halogens is 1. The number of nitrogens with zero attached hydrogens (tertiary/aromatic N) is 1. The van der Waals surface area contributed by atoms with E-state index in [0.29, 0.717) is 5.69 Å². The zero-order chi connectivity index (χ0) is 18.4. The second-order valence-corrected chi connectivity index (χ2v) is 5.49. The number of nitro groups is 1. The molecule has 0 aliphatic heterocycles. The number of hydrogen-bond acceptors (Lipinski definition) is 4. The van der Waals surface area contributed by atoms with Crippen LogP contribution in [0.5, 0.6) is 0 Å². The molecule has 2 aromatic carbocycles. The number of carboxylic acid groups (broad SMARTS) is 1. The third-order valence-electron chi connectivity index (χ3n) is 3.28. The Labute approximate surface area is 147 Å². The van der Waals surface area contributed by atoms with Gasteiger partial charge >= 0.3 is 12.0 Å². The summed E-state index contributed by atoms with van der Waals surface area (Å²) in [6.45, 7) is 0. The third-order valence-corrected chi connectivity index (χ3v) is 3.63. The van der Waals surface area contributed by atoms with E-state index in [4.69, 9.17) is 16.7 Å². The smallest absolute Gasteiger partial charge is 0.319 e. The van der Waals surface area contributed by atoms with Gasteiger partial charge in [0.05, 0.1) is 17.4 Å². The fraction of sp³-hybridized carbons (Fsp3) is 0.125. The topological polar surface area (TPSA) is 122 Å². The lowest BCUT2D eigenvalue weighted by atomic mass is 10.0. The highest BCUT2D eigenvalue weighted by molar-refractivity contribution is 6.31. The zero-order valence-electron chi connectivity index (χ0n) is 12.8. The lowest BCUT2D eigenvalue weighted by molar-refractivity contribution is -0.384. The minimum atomic E-state index is -1.19. The zero-order valence-corrected chi connectivity index (χ0v) is 13.6. The van der Waals surface area contributed by atoms with Gasteiger partial charge in [0.2, 0.25) is 0 Å². The first kappa shape index (κ1) is 18.2. The number of carbonyl (C=O) groups excluding carboxylic acids is 1. The molecule has 0 saturated heterocycles. The number of nitro benzene ring substituents is 1. The minimum absolute atomic E-state index is 0.122. The van der Waals surface area contributed by atoms with Crippen LogP contribution in [0.3, 0.4) is 0 Å². The van der Waals surface area contributed by atoms with Crippen LogP contribution in [0.25, 0.3) is 0 Å². The average molecular weight is 364 g/mol. The molecule has 0 aliphatic carbocycles. The maximum Gasteiger partial charge on any atom is 0.319 e. The summed E-state index contributed by atoms with van der Waals surface area (Å²) in [6.07, 6.45) is -0.483. The van der Waals surface area contributed by atoms with E-state index < -0.39 is 29.4 Å². The molecular weight excluding hydrogens is 350 g/mol. The lowest BCUT2D eigenvalue weighted by Crippen LogP contribution is -2.34. The molecule has 8 nitrogen and oxygen atoms in total. The maximum atomic E-state index is 12.1. The highest BCUT2D eigenvalue weighted by atomic mass is 35.5. The number of urea groups is 1. The summed E-state index contributed by atoms with van der Waals surface area (Å²) >= 11 is 6.04. The summed E-state index contributed by atoms with van der Waals surface area (Å²) in [4.78, 5) is 33.5. The van der Waals surface area contributed by atoms with Crippen molar-refractivity contribution in [2.75, 3.05) is 5.32 Å². The van der Waals surface area contributed by atoms with E-state index in [-0.39, 0.29) is 16.3 Å². The van der Waals surface area contributed by atoms with E-state index >= 15 is 0 Å². The van der Waals surface area contributed by atoms with Crippen molar-refractivity contribution in [1.29, 1.82) is 0 Å². The SMILES string of the molecule is O=C(O)C[C@H](NC(=O)Nc1ccccc1)c1cc([N+](=O)[O-])ccc1Cl. The quantitative estimate of drug-likeness (QED) is 0.534. The van der Waals surface area contributed by atoms with Crippen molar-refractivity contribution in [1.82, 2.24) is 5.32 Å². The van der Waals surface area contributed by atoms with E-state index in [1.54, 1.807) is 30.3 Å². The normalized spacial score (nSPS) is 11.4. The molecule has 0 heterocycles. The van der Waals surface area contributed by atoms with Crippen LogP contribution in [0.4, 0.5) is 16.2 Å². The summed E-state index contributed by atoms with van der Waals surface area (Å²) in [5.74, 6) is -1.19. The van der Waals surface area contributed by atoms with Crippen molar-refractivity contribution >= 4 is 35.0 Å². The first-order chi connectivity index (χ1) is 11.9. The number of rotatable bonds is 6. The number of aliphatic carboxylic acids is 1. The van der Waals surface area contributed by atoms with Crippen LogP contribution in [0.2, 0.25) is 5.02 Å². The Kier molecular flexibility index (Phi) is 5.91. The van der Waals surface area contributed by atoms with Crippen LogP contribution in [0.1, 0.15) is 18.0 Å². The van der Waals surface area contributed by atoms with Gasteiger partial charge in [-0.2, -0.15) is 0 Å². The molecule has 2 aromatic rings.